The quantitative estimate of drug-likeness (QED) is 0.919. The lowest BCUT2D eigenvalue weighted by Crippen LogP contribution is -2.38. The Hall–Kier alpha value is -1.06. The Morgan fingerprint density at radius 3 is 2.84 bits per heavy atom. The molecule has 4 heteroatoms. The van der Waals surface area contributed by atoms with E-state index in [2.05, 4.69) is 5.32 Å². The molecule has 1 aromatic carbocycles. The van der Waals surface area contributed by atoms with Crippen LogP contribution in [0.2, 0.25) is 5.02 Å². The molecule has 1 heterocycles. The van der Waals surface area contributed by atoms with Crippen molar-refractivity contribution in [2.75, 3.05) is 6.61 Å². The topological polar surface area (TPSA) is 38.3 Å². The number of carbonyl (C=O) groups is 1. The van der Waals surface area contributed by atoms with E-state index in [9.17, 15) is 4.79 Å². The second kappa shape index (κ2) is 6.40. The van der Waals surface area contributed by atoms with E-state index >= 15 is 0 Å². The highest BCUT2D eigenvalue weighted by Crippen LogP contribution is 2.28. The molecule has 2 rings (SSSR count). The number of halogens is 1. The van der Waals surface area contributed by atoms with Crippen LogP contribution in [0.25, 0.3) is 0 Å². The number of hydrogen-bond donors (Lipinski definition) is 1. The molecular formula is C15H20ClNO2. The van der Waals surface area contributed by atoms with Gasteiger partial charge in [0, 0.05) is 17.5 Å². The van der Waals surface area contributed by atoms with Crippen LogP contribution in [0.3, 0.4) is 0 Å². The molecule has 1 aliphatic heterocycles. The number of carbonyl (C=O) groups excluding carboxylic acids is 1. The van der Waals surface area contributed by atoms with Gasteiger partial charge in [0.2, 0.25) is 5.91 Å². The van der Waals surface area contributed by atoms with Gasteiger partial charge < -0.3 is 10.1 Å². The van der Waals surface area contributed by atoms with E-state index in [-0.39, 0.29) is 24.0 Å². The maximum atomic E-state index is 12.0. The third-order valence-corrected chi connectivity index (χ3v) is 3.60. The maximum absolute atomic E-state index is 12.0. The minimum absolute atomic E-state index is 0.0388. The van der Waals surface area contributed by atoms with Crippen molar-refractivity contribution in [1.29, 1.82) is 0 Å². The second-order valence-corrected chi connectivity index (χ2v) is 5.68. The average molecular weight is 282 g/mol. The summed E-state index contributed by atoms with van der Waals surface area (Å²) in [4.78, 5) is 12.0. The predicted octanol–water partition coefficient (Wildman–Crippen LogP) is 3.33. The van der Waals surface area contributed by atoms with Gasteiger partial charge in [-0.25, -0.2) is 0 Å². The summed E-state index contributed by atoms with van der Waals surface area (Å²) in [5.74, 6) is 0.00330. The van der Waals surface area contributed by atoms with Crippen molar-refractivity contribution in [2.24, 2.45) is 5.92 Å². The number of rotatable bonds is 4. The van der Waals surface area contributed by atoms with Crippen LogP contribution in [-0.4, -0.2) is 18.6 Å². The first-order chi connectivity index (χ1) is 9.08. The second-order valence-electron chi connectivity index (χ2n) is 5.25. The van der Waals surface area contributed by atoms with Crippen molar-refractivity contribution in [2.45, 2.75) is 38.8 Å². The van der Waals surface area contributed by atoms with Crippen molar-refractivity contribution in [3.63, 3.8) is 0 Å². The summed E-state index contributed by atoms with van der Waals surface area (Å²) in [7, 11) is 0. The first kappa shape index (κ1) is 14.4. The van der Waals surface area contributed by atoms with Crippen LogP contribution in [0.4, 0.5) is 0 Å². The molecule has 1 saturated heterocycles. The molecule has 1 amide bonds. The lowest BCUT2D eigenvalue weighted by Gasteiger charge is -2.25. The lowest BCUT2D eigenvalue weighted by atomic mass is 9.98. The SMILES string of the molecule is CC(C)C(=O)NC(c1cccc(Cl)c1)[C@H]1CCCO1. The van der Waals surface area contributed by atoms with E-state index in [0.717, 1.165) is 25.0 Å². The number of benzene rings is 1. The van der Waals surface area contributed by atoms with E-state index in [1.54, 1.807) is 0 Å². The van der Waals surface area contributed by atoms with Crippen molar-refractivity contribution in [3.8, 4) is 0 Å². The van der Waals surface area contributed by atoms with Crippen LogP contribution in [0.1, 0.15) is 38.3 Å². The Morgan fingerprint density at radius 1 is 1.47 bits per heavy atom. The predicted molar refractivity (Wildman–Crippen MR) is 76.1 cm³/mol. The standard InChI is InChI=1S/C15H20ClNO2/c1-10(2)15(18)17-14(13-7-4-8-19-13)11-5-3-6-12(16)9-11/h3,5-6,9-10,13-14H,4,7-8H2,1-2H3,(H,17,18)/t13-,14?/m1/s1. The first-order valence-corrected chi connectivity index (χ1v) is 7.13. The van der Waals surface area contributed by atoms with E-state index in [0.29, 0.717) is 5.02 Å². The average Bonchev–Trinajstić information content (AvgIpc) is 2.89. The van der Waals surface area contributed by atoms with E-state index < -0.39 is 0 Å². The molecule has 0 aliphatic carbocycles. The molecule has 1 N–H and O–H groups in total. The zero-order valence-electron chi connectivity index (χ0n) is 11.4. The molecule has 0 bridgehead atoms. The molecule has 1 aliphatic rings. The van der Waals surface area contributed by atoms with E-state index in [1.165, 1.54) is 0 Å². The van der Waals surface area contributed by atoms with Gasteiger partial charge in [0.1, 0.15) is 0 Å². The third kappa shape index (κ3) is 3.71. The molecule has 104 valence electrons. The van der Waals surface area contributed by atoms with Crippen molar-refractivity contribution in [1.82, 2.24) is 5.32 Å². The van der Waals surface area contributed by atoms with Crippen LogP contribution in [0, 0.1) is 5.92 Å². The van der Waals surface area contributed by atoms with Gasteiger partial charge in [-0.2, -0.15) is 0 Å². The summed E-state index contributed by atoms with van der Waals surface area (Å²) in [6.45, 7) is 4.54. The number of nitrogens with one attached hydrogen (secondary N) is 1. The summed E-state index contributed by atoms with van der Waals surface area (Å²) in [5, 5.41) is 3.76. The molecule has 3 nitrogen and oxygen atoms in total. The number of ether oxygens (including phenoxy) is 1. The summed E-state index contributed by atoms with van der Waals surface area (Å²) < 4.78 is 5.73. The van der Waals surface area contributed by atoms with Gasteiger partial charge >= 0.3 is 0 Å². The Bertz CT molecular complexity index is 442. The minimum atomic E-state index is -0.115. The number of amides is 1. The van der Waals surface area contributed by atoms with Gasteiger partial charge in [-0.15, -0.1) is 0 Å². The van der Waals surface area contributed by atoms with Gasteiger partial charge in [0.15, 0.2) is 0 Å². The number of hydrogen-bond acceptors (Lipinski definition) is 2. The molecule has 2 atom stereocenters. The van der Waals surface area contributed by atoms with Gasteiger partial charge in [-0.1, -0.05) is 37.6 Å². The molecule has 0 saturated carbocycles. The zero-order valence-corrected chi connectivity index (χ0v) is 12.1. The first-order valence-electron chi connectivity index (χ1n) is 6.75. The molecule has 19 heavy (non-hydrogen) atoms. The molecule has 0 aromatic heterocycles. The largest absolute Gasteiger partial charge is 0.376 e. The zero-order chi connectivity index (χ0) is 13.8. The fraction of sp³-hybridized carbons (Fsp3) is 0.533. The molecule has 1 unspecified atom stereocenters. The van der Waals surface area contributed by atoms with Gasteiger partial charge in [-0.3, -0.25) is 4.79 Å². The van der Waals surface area contributed by atoms with Crippen molar-refractivity contribution >= 4 is 17.5 Å². The smallest absolute Gasteiger partial charge is 0.223 e. The highest BCUT2D eigenvalue weighted by molar-refractivity contribution is 6.30. The highest BCUT2D eigenvalue weighted by atomic mass is 35.5. The lowest BCUT2D eigenvalue weighted by molar-refractivity contribution is -0.125. The monoisotopic (exact) mass is 281 g/mol. The van der Waals surface area contributed by atoms with Crippen molar-refractivity contribution < 1.29 is 9.53 Å². The van der Waals surface area contributed by atoms with Crippen LogP contribution in [0.5, 0.6) is 0 Å². The Labute approximate surface area is 119 Å². The summed E-state index contributed by atoms with van der Waals surface area (Å²) in [5.41, 5.74) is 1.01. The molecule has 0 spiro atoms. The maximum Gasteiger partial charge on any atom is 0.223 e. The van der Waals surface area contributed by atoms with Crippen LogP contribution in [-0.2, 0) is 9.53 Å². The Morgan fingerprint density at radius 2 is 2.26 bits per heavy atom. The van der Waals surface area contributed by atoms with Crippen LogP contribution < -0.4 is 5.32 Å². The minimum Gasteiger partial charge on any atom is -0.376 e. The highest BCUT2D eigenvalue weighted by Gasteiger charge is 2.29. The summed E-state index contributed by atoms with van der Waals surface area (Å²) >= 11 is 6.04. The molecule has 1 aromatic rings. The molecule has 0 radical (unpaired) electrons. The Balaban J connectivity index is 2.20. The van der Waals surface area contributed by atoms with Gasteiger partial charge in [0.05, 0.1) is 12.1 Å². The van der Waals surface area contributed by atoms with Crippen LogP contribution >= 0.6 is 11.6 Å². The van der Waals surface area contributed by atoms with Gasteiger partial charge in [-0.05, 0) is 30.5 Å². The van der Waals surface area contributed by atoms with Crippen LogP contribution in [0.15, 0.2) is 24.3 Å². The Kier molecular flexibility index (Phi) is 4.83. The molecule has 1 fully saturated rings. The summed E-state index contributed by atoms with van der Waals surface area (Å²) in [6.07, 6.45) is 2.05. The molecular weight excluding hydrogens is 262 g/mol. The normalized spacial score (nSPS) is 20.5. The fourth-order valence-electron chi connectivity index (χ4n) is 2.28. The van der Waals surface area contributed by atoms with Crippen molar-refractivity contribution in [3.05, 3.63) is 34.9 Å². The third-order valence-electron chi connectivity index (χ3n) is 3.37. The van der Waals surface area contributed by atoms with E-state index in [4.69, 9.17) is 16.3 Å². The van der Waals surface area contributed by atoms with E-state index in [1.807, 2.05) is 38.1 Å². The van der Waals surface area contributed by atoms with Gasteiger partial charge in [0.25, 0.3) is 0 Å². The fourth-order valence-corrected chi connectivity index (χ4v) is 2.48. The summed E-state index contributed by atoms with van der Waals surface area (Å²) in [6, 6.07) is 7.51.